The second-order valence-corrected chi connectivity index (χ2v) is 4.94. The molecular formula is C18H20O4. The van der Waals surface area contributed by atoms with Gasteiger partial charge in [0.15, 0.2) is 11.5 Å². The second kappa shape index (κ2) is 7.50. The first-order valence-electron chi connectivity index (χ1n) is 7.22. The van der Waals surface area contributed by atoms with E-state index in [1.807, 2.05) is 38.1 Å². The summed E-state index contributed by atoms with van der Waals surface area (Å²) in [6.45, 7) is 4.55. The standard InChI is InChI=1S/C18H20O4/c1-4-8-21-18-16(20-3)10-14(12-19)11-17(18)22-15-7-5-6-13(2)9-15/h5-7,9-12H,4,8H2,1-3H3. The zero-order valence-corrected chi connectivity index (χ0v) is 13.1. The van der Waals surface area contributed by atoms with Gasteiger partial charge in [-0.1, -0.05) is 19.1 Å². The van der Waals surface area contributed by atoms with Gasteiger partial charge in [-0.05, 0) is 43.2 Å². The van der Waals surface area contributed by atoms with Gasteiger partial charge in [-0.25, -0.2) is 0 Å². The fourth-order valence-electron chi connectivity index (χ4n) is 2.04. The Hall–Kier alpha value is -2.49. The molecule has 4 heteroatoms. The van der Waals surface area contributed by atoms with Crippen LogP contribution in [0.25, 0.3) is 0 Å². The molecule has 116 valence electrons. The first-order valence-corrected chi connectivity index (χ1v) is 7.22. The quantitative estimate of drug-likeness (QED) is 0.711. The summed E-state index contributed by atoms with van der Waals surface area (Å²) in [6, 6.07) is 11.0. The summed E-state index contributed by atoms with van der Waals surface area (Å²) in [7, 11) is 1.54. The SMILES string of the molecule is CCCOc1c(OC)cc(C=O)cc1Oc1cccc(C)c1. The van der Waals surface area contributed by atoms with E-state index in [9.17, 15) is 4.79 Å². The minimum atomic E-state index is 0.473. The molecule has 0 fully saturated rings. The van der Waals surface area contributed by atoms with Gasteiger partial charge in [0, 0.05) is 5.56 Å². The van der Waals surface area contributed by atoms with E-state index in [1.165, 1.54) is 0 Å². The van der Waals surface area contributed by atoms with Gasteiger partial charge in [0.05, 0.1) is 13.7 Å². The molecule has 0 radical (unpaired) electrons. The summed E-state index contributed by atoms with van der Waals surface area (Å²) in [5.74, 6) is 2.16. The third-order valence-electron chi connectivity index (χ3n) is 3.07. The molecular weight excluding hydrogens is 280 g/mol. The average molecular weight is 300 g/mol. The molecule has 0 aliphatic rings. The van der Waals surface area contributed by atoms with E-state index in [4.69, 9.17) is 14.2 Å². The third-order valence-corrected chi connectivity index (χ3v) is 3.07. The Bertz CT molecular complexity index is 650. The molecule has 0 spiro atoms. The topological polar surface area (TPSA) is 44.8 Å². The maximum absolute atomic E-state index is 11.1. The van der Waals surface area contributed by atoms with Crippen molar-refractivity contribution in [1.82, 2.24) is 0 Å². The highest BCUT2D eigenvalue weighted by Crippen LogP contribution is 2.40. The van der Waals surface area contributed by atoms with Crippen molar-refractivity contribution in [3.8, 4) is 23.0 Å². The Morgan fingerprint density at radius 3 is 2.55 bits per heavy atom. The van der Waals surface area contributed by atoms with Crippen LogP contribution in [-0.4, -0.2) is 20.0 Å². The van der Waals surface area contributed by atoms with Crippen molar-refractivity contribution < 1.29 is 19.0 Å². The van der Waals surface area contributed by atoms with Gasteiger partial charge in [-0.2, -0.15) is 0 Å². The Labute approximate surface area is 130 Å². The molecule has 0 heterocycles. The monoisotopic (exact) mass is 300 g/mol. The van der Waals surface area contributed by atoms with Gasteiger partial charge >= 0.3 is 0 Å². The number of hydrogen-bond acceptors (Lipinski definition) is 4. The van der Waals surface area contributed by atoms with Crippen LogP contribution in [0, 0.1) is 6.92 Å². The zero-order chi connectivity index (χ0) is 15.9. The molecule has 0 saturated carbocycles. The molecule has 0 aliphatic carbocycles. The minimum Gasteiger partial charge on any atom is -0.493 e. The lowest BCUT2D eigenvalue weighted by molar-refractivity contribution is 0.112. The summed E-state index contributed by atoms with van der Waals surface area (Å²) < 4.78 is 17.0. The maximum Gasteiger partial charge on any atom is 0.204 e. The molecule has 2 aromatic carbocycles. The smallest absolute Gasteiger partial charge is 0.204 e. The number of ether oxygens (including phenoxy) is 3. The molecule has 2 rings (SSSR count). The van der Waals surface area contributed by atoms with Gasteiger partial charge < -0.3 is 14.2 Å². The lowest BCUT2D eigenvalue weighted by atomic mass is 10.2. The highest BCUT2D eigenvalue weighted by molar-refractivity contribution is 5.78. The molecule has 0 aromatic heterocycles. The van der Waals surface area contributed by atoms with Crippen LogP contribution < -0.4 is 14.2 Å². The molecule has 0 aliphatic heterocycles. The van der Waals surface area contributed by atoms with E-state index in [1.54, 1.807) is 19.2 Å². The first kappa shape index (κ1) is 15.9. The molecule has 0 atom stereocenters. The number of aryl methyl sites for hydroxylation is 1. The maximum atomic E-state index is 11.1. The van der Waals surface area contributed by atoms with Crippen LogP contribution in [0.3, 0.4) is 0 Å². The van der Waals surface area contributed by atoms with Gasteiger partial charge in [0.1, 0.15) is 12.0 Å². The predicted octanol–water partition coefficient (Wildman–Crippen LogP) is 4.40. The summed E-state index contributed by atoms with van der Waals surface area (Å²) in [5.41, 5.74) is 1.57. The van der Waals surface area contributed by atoms with E-state index in [0.717, 1.165) is 18.3 Å². The summed E-state index contributed by atoms with van der Waals surface area (Å²) >= 11 is 0. The van der Waals surface area contributed by atoms with Crippen LogP contribution in [0.1, 0.15) is 29.3 Å². The highest BCUT2D eigenvalue weighted by Gasteiger charge is 2.15. The van der Waals surface area contributed by atoms with Gasteiger partial charge in [0.25, 0.3) is 0 Å². The van der Waals surface area contributed by atoms with Gasteiger partial charge in [-0.3, -0.25) is 4.79 Å². The first-order chi connectivity index (χ1) is 10.7. The summed E-state index contributed by atoms with van der Waals surface area (Å²) in [5, 5.41) is 0. The molecule has 0 N–H and O–H groups in total. The molecule has 0 unspecified atom stereocenters. The molecule has 4 nitrogen and oxygen atoms in total. The van der Waals surface area contributed by atoms with Crippen molar-refractivity contribution >= 4 is 6.29 Å². The zero-order valence-electron chi connectivity index (χ0n) is 13.1. The Balaban J connectivity index is 2.43. The van der Waals surface area contributed by atoms with E-state index in [-0.39, 0.29) is 0 Å². The lowest BCUT2D eigenvalue weighted by Gasteiger charge is -2.16. The fraction of sp³-hybridized carbons (Fsp3) is 0.278. The molecule has 0 bridgehead atoms. The highest BCUT2D eigenvalue weighted by atomic mass is 16.5. The number of carbonyl (C=O) groups excluding carboxylic acids is 1. The van der Waals surface area contributed by atoms with Crippen LogP contribution >= 0.6 is 0 Å². The lowest BCUT2D eigenvalue weighted by Crippen LogP contribution is -2.01. The minimum absolute atomic E-state index is 0.473. The largest absolute Gasteiger partial charge is 0.493 e. The Morgan fingerprint density at radius 1 is 1.14 bits per heavy atom. The summed E-state index contributed by atoms with van der Waals surface area (Å²) in [6.07, 6.45) is 1.62. The van der Waals surface area contributed by atoms with Crippen molar-refractivity contribution in [2.75, 3.05) is 13.7 Å². The summed E-state index contributed by atoms with van der Waals surface area (Å²) in [4.78, 5) is 11.1. The number of aldehydes is 1. The fourth-order valence-corrected chi connectivity index (χ4v) is 2.04. The van der Waals surface area contributed by atoms with Crippen LogP contribution in [-0.2, 0) is 0 Å². The normalized spacial score (nSPS) is 10.1. The van der Waals surface area contributed by atoms with E-state index >= 15 is 0 Å². The Morgan fingerprint density at radius 2 is 1.91 bits per heavy atom. The number of methoxy groups -OCH3 is 1. The van der Waals surface area contributed by atoms with Gasteiger partial charge in [0.2, 0.25) is 5.75 Å². The number of carbonyl (C=O) groups is 1. The predicted molar refractivity (Wildman–Crippen MR) is 85.4 cm³/mol. The van der Waals surface area contributed by atoms with Crippen molar-refractivity contribution in [3.05, 3.63) is 47.5 Å². The van der Waals surface area contributed by atoms with Crippen LogP contribution in [0.5, 0.6) is 23.0 Å². The third kappa shape index (κ3) is 3.79. The Kier molecular flexibility index (Phi) is 5.42. The van der Waals surface area contributed by atoms with Crippen molar-refractivity contribution in [1.29, 1.82) is 0 Å². The van der Waals surface area contributed by atoms with Crippen molar-refractivity contribution in [2.24, 2.45) is 0 Å². The number of benzene rings is 2. The van der Waals surface area contributed by atoms with Gasteiger partial charge in [-0.15, -0.1) is 0 Å². The number of rotatable bonds is 7. The van der Waals surface area contributed by atoms with Crippen molar-refractivity contribution in [2.45, 2.75) is 20.3 Å². The molecule has 2 aromatic rings. The second-order valence-electron chi connectivity index (χ2n) is 4.94. The van der Waals surface area contributed by atoms with E-state index in [0.29, 0.717) is 35.2 Å². The molecule has 22 heavy (non-hydrogen) atoms. The van der Waals surface area contributed by atoms with Crippen LogP contribution in [0.2, 0.25) is 0 Å². The van der Waals surface area contributed by atoms with E-state index in [2.05, 4.69) is 0 Å². The average Bonchev–Trinajstić information content (AvgIpc) is 2.53. The van der Waals surface area contributed by atoms with E-state index < -0.39 is 0 Å². The van der Waals surface area contributed by atoms with Crippen molar-refractivity contribution in [3.63, 3.8) is 0 Å². The molecule has 0 saturated heterocycles. The van der Waals surface area contributed by atoms with Crippen LogP contribution in [0.15, 0.2) is 36.4 Å². The molecule has 0 amide bonds. The van der Waals surface area contributed by atoms with Crippen LogP contribution in [0.4, 0.5) is 0 Å². The number of hydrogen-bond donors (Lipinski definition) is 0.